The van der Waals surface area contributed by atoms with Crippen LogP contribution in [0.1, 0.15) is 11.1 Å². The summed E-state index contributed by atoms with van der Waals surface area (Å²) in [6, 6.07) is 32.3. The predicted molar refractivity (Wildman–Crippen MR) is 142 cm³/mol. The van der Waals surface area contributed by atoms with Crippen molar-refractivity contribution in [1.29, 1.82) is 0 Å². The smallest absolute Gasteiger partial charge is 0.137 e. The standard InChI is InChI=1S/C30H23N3S/c1-20-14-15-31-30(16-20)34-24-7-5-6-22(17-24)23-11-12-26-25-8-3-4-9-27(25)33(28(26)18-23)29-13-10-21(2)19-32-29/h3-19H,1-2H3. The van der Waals surface area contributed by atoms with Crippen LogP contribution >= 0.6 is 11.8 Å². The minimum Gasteiger partial charge on any atom is -0.294 e. The third-order valence-corrected chi connectivity index (χ3v) is 7.00. The van der Waals surface area contributed by atoms with E-state index in [4.69, 9.17) is 4.98 Å². The number of hydrogen-bond donors (Lipinski definition) is 0. The van der Waals surface area contributed by atoms with Crippen LogP contribution in [0.25, 0.3) is 38.8 Å². The lowest BCUT2D eigenvalue weighted by atomic mass is 10.0. The molecular formula is C30H23N3S. The van der Waals surface area contributed by atoms with Gasteiger partial charge < -0.3 is 0 Å². The number of fused-ring (bicyclic) bond motifs is 3. The quantitative estimate of drug-likeness (QED) is 0.269. The summed E-state index contributed by atoms with van der Waals surface area (Å²) in [7, 11) is 0. The Labute approximate surface area is 203 Å². The van der Waals surface area contributed by atoms with Crippen LogP contribution in [0.3, 0.4) is 0 Å². The molecule has 0 saturated carbocycles. The molecule has 0 saturated heterocycles. The minimum absolute atomic E-state index is 0.934. The average Bonchev–Trinajstić information content (AvgIpc) is 3.18. The largest absolute Gasteiger partial charge is 0.294 e. The summed E-state index contributed by atoms with van der Waals surface area (Å²) in [5.41, 5.74) is 7.07. The first-order chi connectivity index (χ1) is 16.7. The van der Waals surface area contributed by atoms with Crippen LogP contribution in [0, 0.1) is 13.8 Å². The van der Waals surface area contributed by atoms with Gasteiger partial charge in [-0.15, -0.1) is 0 Å². The van der Waals surface area contributed by atoms with E-state index in [-0.39, 0.29) is 0 Å². The second kappa shape index (κ2) is 8.47. The molecule has 3 nitrogen and oxygen atoms in total. The molecule has 0 radical (unpaired) electrons. The molecule has 6 rings (SSSR count). The molecule has 164 valence electrons. The number of hydrogen-bond acceptors (Lipinski definition) is 3. The summed E-state index contributed by atoms with van der Waals surface area (Å²) in [4.78, 5) is 10.4. The van der Waals surface area contributed by atoms with Crippen LogP contribution in [0.4, 0.5) is 0 Å². The van der Waals surface area contributed by atoms with E-state index in [9.17, 15) is 0 Å². The Hall–Kier alpha value is -3.89. The summed E-state index contributed by atoms with van der Waals surface area (Å²) in [6.45, 7) is 4.16. The molecule has 0 aliphatic rings. The fourth-order valence-corrected chi connectivity index (χ4v) is 5.35. The lowest BCUT2D eigenvalue weighted by molar-refractivity contribution is 1.07. The van der Waals surface area contributed by atoms with Crippen molar-refractivity contribution in [3.05, 3.63) is 115 Å². The maximum absolute atomic E-state index is 4.74. The molecule has 3 heterocycles. The van der Waals surface area contributed by atoms with Crippen LogP contribution in [-0.4, -0.2) is 14.5 Å². The van der Waals surface area contributed by atoms with Gasteiger partial charge in [-0.05, 0) is 78.6 Å². The van der Waals surface area contributed by atoms with Gasteiger partial charge in [0, 0.05) is 28.1 Å². The molecule has 0 N–H and O–H groups in total. The molecule has 3 aromatic carbocycles. The summed E-state index contributed by atoms with van der Waals surface area (Å²) < 4.78 is 2.27. The number of aryl methyl sites for hydroxylation is 2. The normalized spacial score (nSPS) is 11.4. The zero-order valence-electron chi connectivity index (χ0n) is 19.1. The molecule has 0 unspecified atom stereocenters. The fraction of sp³-hybridized carbons (Fsp3) is 0.0667. The predicted octanol–water partition coefficient (Wildman–Crippen LogP) is 8.01. The highest BCUT2D eigenvalue weighted by Gasteiger charge is 2.14. The monoisotopic (exact) mass is 457 g/mol. The molecule has 4 heteroatoms. The van der Waals surface area contributed by atoms with E-state index in [1.165, 1.54) is 37.9 Å². The number of pyridine rings is 2. The lowest BCUT2D eigenvalue weighted by Crippen LogP contribution is -1.97. The third-order valence-electron chi connectivity index (χ3n) is 6.08. The Morgan fingerprint density at radius 1 is 0.647 bits per heavy atom. The number of para-hydroxylation sites is 1. The topological polar surface area (TPSA) is 30.7 Å². The summed E-state index contributed by atoms with van der Waals surface area (Å²) in [6.07, 6.45) is 3.80. The van der Waals surface area contributed by atoms with Gasteiger partial charge in [-0.1, -0.05) is 60.3 Å². The molecular weight excluding hydrogens is 434 g/mol. The van der Waals surface area contributed by atoms with Crippen molar-refractivity contribution in [2.75, 3.05) is 0 Å². The average molecular weight is 458 g/mol. The van der Waals surface area contributed by atoms with Gasteiger partial charge in [0.25, 0.3) is 0 Å². The van der Waals surface area contributed by atoms with Gasteiger partial charge in [-0.3, -0.25) is 4.57 Å². The highest BCUT2D eigenvalue weighted by atomic mass is 32.2. The first-order valence-electron chi connectivity index (χ1n) is 11.3. The molecule has 0 atom stereocenters. The van der Waals surface area contributed by atoms with E-state index in [0.717, 1.165) is 21.9 Å². The highest BCUT2D eigenvalue weighted by Crippen LogP contribution is 2.36. The van der Waals surface area contributed by atoms with Crippen molar-refractivity contribution >= 4 is 33.6 Å². The van der Waals surface area contributed by atoms with Gasteiger partial charge in [-0.2, -0.15) is 0 Å². The van der Waals surface area contributed by atoms with Crippen molar-refractivity contribution in [2.24, 2.45) is 0 Å². The zero-order valence-corrected chi connectivity index (χ0v) is 19.9. The van der Waals surface area contributed by atoms with E-state index in [0.29, 0.717) is 0 Å². The zero-order chi connectivity index (χ0) is 23.1. The molecule has 0 bridgehead atoms. The number of aromatic nitrogens is 3. The Kier molecular flexibility index (Phi) is 5.16. The highest BCUT2D eigenvalue weighted by molar-refractivity contribution is 7.99. The van der Waals surface area contributed by atoms with Crippen LogP contribution in [-0.2, 0) is 0 Å². The van der Waals surface area contributed by atoms with Gasteiger partial charge in [0.15, 0.2) is 0 Å². The number of rotatable bonds is 4. The van der Waals surface area contributed by atoms with E-state index in [1.807, 2.05) is 18.5 Å². The van der Waals surface area contributed by atoms with Crippen molar-refractivity contribution in [2.45, 2.75) is 23.8 Å². The van der Waals surface area contributed by atoms with Gasteiger partial charge in [0.1, 0.15) is 10.8 Å². The second-order valence-electron chi connectivity index (χ2n) is 8.58. The minimum atomic E-state index is 0.934. The SMILES string of the molecule is Cc1ccc(-n2c3ccccc3c3ccc(-c4cccc(Sc5cc(C)ccn5)c4)cc32)nc1. The van der Waals surface area contributed by atoms with Crippen LogP contribution < -0.4 is 0 Å². The van der Waals surface area contributed by atoms with E-state index in [2.05, 4.69) is 108 Å². The summed E-state index contributed by atoms with van der Waals surface area (Å²) >= 11 is 1.69. The van der Waals surface area contributed by atoms with E-state index < -0.39 is 0 Å². The first kappa shape index (κ1) is 20.7. The van der Waals surface area contributed by atoms with Crippen LogP contribution in [0.5, 0.6) is 0 Å². The molecule has 0 spiro atoms. The molecule has 34 heavy (non-hydrogen) atoms. The van der Waals surface area contributed by atoms with E-state index >= 15 is 0 Å². The van der Waals surface area contributed by atoms with Crippen molar-refractivity contribution in [1.82, 2.24) is 14.5 Å². The molecule has 0 aliphatic carbocycles. The fourth-order valence-electron chi connectivity index (χ4n) is 4.41. The van der Waals surface area contributed by atoms with Gasteiger partial charge in [0.2, 0.25) is 0 Å². The molecule has 0 aliphatic heterocycles. The van der Waals surface area contributed by atoms with Gasteiger partial charge in [-0.25, -0.2) is 9.97 Å². The van der Waals surface area contributed by atoms with Gasteiger partial charge >= 0.3 is 0 Å². The Balaban J connectivity index is 1.48. The Morgan fingerprint density at radius 2 is 1.50 bits per heavy atom. The third kappa shape index (κ3) is 3.76. The van der Waals surface area contributed by atoms with Crippen molar-refractivity contribution in [3.8, 4) is 16.9 Å². The van der Waals surface area contributed by atoms with Crippen LogP contribution in [0.15, 0.2) is 113 Å². The first-order valence-corrected chi connectivity index (χ1v) is 12.1. The summed E-state index contributed by atoms with van der Waals surface area (Å²) in [5.74, 6) is 0.934. The van der Waals surface area contributed by atoms with E-state index in [1.54, 1.807) is 11.8 Å². The van der Waals surface area contributed by atoms with Gasteiger partial charge in [0.05, 0.1) is 11.0 Å². The number of benzene rings is 3. The molecule has 6 aromatic rings. The van der Waals surface area contributed by atoms with Crippen LogP contribution in [0.2, 0.25) is 0 Å². The Morgan fingerprint density at radius 3 is 2.35 bits per heavy atom. The maximum Gasteiger partial charge on any atom is 0.137 e. The molecule has 0 fully saturated rings. The summed E-state index contributed by atoms with van der Waals surface area (Å²) in [5, 5.41) is 3.48. The second-order valence-corrected chi connectivity index (χ2v) is 9.67. The molecule has 0 amide bonds. The lowest BCUT2D eigenvalue weighted by Gasteiger charge is -2.09. The van der Waals surface area contributed by atoms with Crippen molar-refractivity contribution in [3.63, 3.8) is 0 Å². The maximum atomic E-state index is 4.74. The number of nitrogens with zero attached hydrogens (tertiary/aromatic N) is 3. The molecule has 3 aromatic heterocycles. The van der Waals surface area contributed by atoms with Crippen molar-refractivity contribution < 1.29 is 0 Å². The Bertz CT molecular complexity index is 1650.